The van der Waals surface area contributed by atoms with Crippen molar-refractivity contribution in [3.63, 3.8) is 0 Å². The van der Waals surface area contributed by atoms with E-state index in [1.807, 2.05) is 0 Å². The van der Waals surface area contributed by atoms with Gasteiger partial charge in [-0.25, -0.2) is 0 Å². The summed E-state index contributed by atoms with van der Waals surface area (Å²) < 4.78 is 10.4. The van der Waals surface area contributed by atoms with Gasteiger partial charge in [0.15, 0.2) is 0 Å². The molecule has 138 valence electrons. The summed E-state index contributed by atoms with van der Waals surface area (Å²) in [5.74, 6) is -0.0869. The minimum atomic E-state index is -0.316. The number of ether oxygens (including phenoxy) is 2. The highest BCUT2D eigenvalue weighted by molar-refractivity contribution is 5.77. The van der Waals surface area contributed by atoms with Crippen LogP contribution in [-0.4, -0.2) is 25.2 Å². The maximum absolute atomic E-state index is 11.7. The summed E-state index contributed by atoms with van der Waals surface area (Å²) in [4.78, 5) is 23.2. The Morgan fingerprint density at radius 3 is 2.29 bits per heavy atom. The van der Waals surface area contributed by atoms with Crippen LogP contribution in [0.25, 0.3) is 0 Å². The van der Waals surface area contributed by atoms with Crippen molar-refractivity contribution in [3.05, 3.63) is 12.2 Å². The molecule has 0 amide bonds. The van der Waals surface area contributed by atoms with Crippen LogP contribution >= 0.6 is 0 Å². The van der Waals surface area contributed by atoms with Crippen molar-refractivity contribution < 1.29 is 19.1 Å². The van der Waals surface area contributed by atoms with Gasteiger partial charge in [0.1, 0.15) is 0 Å². The van der Waals surface area contributed by atoms with Crippen molar-refractivity contribution in [1.29, 1.82) is 0 Å². The van der Waals surface area contributed by atoms with E-state index in [1.54, 1.807) is 0 Å². The topological polar surface area (TPSA) is 52.6 Å². The van der Waals surface area contributed by atoms with Crippen LogP contribution in [0, 0.1) is 5.92 Å². The lowest BCUT2D eigenvalue weighted by Crippen LogP contribution is -2.17. The molecule has 0 unspecified atom stereocenters. The second kappa shape index (κ2) is 14.1. The van der Waals surface area contributed by atoms with Gasteiger partial charge in [-0.05, 0) is 38.0 Å². The van der Waals surface area contributed by atoms with Gasteiger partial charge in [0.05, 0.1) is 26.1 Å². The van der Waals surface area contributed by atoms with Crippen LogP contribution in [0.1, 0.15) is 84.0 Å². The monoisotopic (exact) mass is 338 g/mol. The Balaban J connectivity index is 1.95. The first-order chi connectivity index (χ1) is 11.7. The molecule has 0 bridgehead atoms. The Labute approximate surface area is 147 Å². The third kappa shape index (κ3) is 11.3. The van der Waals surface area contributed by atoms with Crippen molar-refractivity contribution >= 4 is 11.9 Å². The normalized spacial score (nSPS) is 15.5. The maximum Gasteiger partial charge on any atom is 0.306 e. The predicted molar refractivity (Wildman–Crippen MR) is 95.6 cm³/mol. The van der Waals surface area contributed by atoms with Gasteiger partial charge >= 0.3 is 11.9 Å². The van der Waals surface area contributed by atoms with Crippen molar-refractivity contribution in [1.82, 2.24) is 0 Å². The molecular formula is C20H34O4. The molecule has 4 heteroatoms. The lowest BCUT2D eigenvalue weighted by Gasteiger charge is -2.20. The first kappa shape index (κ1) is 20.7. The molecule has 0 N–H and O–H groups in total. The predicted octanol–water partition coefficient (Wildman–Crippen LogP) is 4.96. The summed E-state index contributed by atoms with van der Waals surface area (Å²) in [5.41, 5.74) is 0. The smallest absolute Gasteiger partial charge is 0.306 e. The van der Waals surface area contributed by atoms with Crippen LogP contribution in [0.15, 0.2) is 12.2 Å². The van der Waals surface area contributed by atoms with Crippen LogP contribution in [0.5, 0.6) is 0 Å². The van der Waals surface area contributed by atoms with Gasteiger partial charge in [-0.2, -0.15) is 0 Å². The molecule has 1 rings (SSSR count). The van der Waals surface area contributed by atoms with E-state index in [-0.39, 0.29) is 24.8 Å². The summed E-state index contributed by atoms with van der Waals surface area (Å²) in [6.07, 6.45) is 16.1. The molecule has 0 saturated heterocycles. The molecule has 0 aliphatic heterocycles. The summed E-state index contributed by atoms with van der Waals surface area (Å²) in [5, 5.41) is 0. The molecule has 0 aromatic carbocycles. The highest BCUT2D eigenvalue weighted by atomic mass is 16.5. The Bertz CT molecular complexity index is 370. The Morgan fingerprint density at radius 2 is 1.58 bits per heavy atom. The molecule has 0 aromatic heterocycles. The summed E-state index contributed by atoms with van der Waals surface area (Å²) in [7, 11) is 0. The molecule has 0 aromatic rings. The van der Waals surface area contributed by atoms with E-state index < -0.39 is 0 Å². The minimum Gasteiger partial charge on any atom is -0.465 e. The van der Waals surface area contributed by atoms with Crippen molar-refractivity contribution in [2.45, 2.75) is 84.0 Å². The number of rotatable bonds is 12. The van der Waals surface area contributed by atoms with Crippen LogP contribution in [-0.2, 0) is 19.1 Å². The molecule has 0 atom stereocenters. The van der Waals surface area contributed by atoms with E-state index in [4.69, 9.17) is 9.47 Å². The zero-order chi connectivity index (χ0) is 17.5. The SMILES string of the molecule is CCCCC/C=C/CCOC(=O)CCC(=O)OCC1CCCCC1. The van der Waals surface area contributed by atoms with Gasteiger partial charge < -0.3 is 9.47 Å². The fourth-order valence-electron chi connectivity index (χ4n) is 2.90. The van der Waals surface area contributed by atoms with Gasteiger partial charge in [-0.15, -0.1) is 0 Å². The van der Waals surface area contributed by atoms with Crippen molar-refractivity contribution in [2.75, 3.05) is 13.2 Å². The molecule has 1 fully saturated rings. The largest absolute Gasteiger partial charge is 0.465 e. The van der Waals surface area contributed by atoms with E-state index in [9.17, 15) is 9.59 Å². The van der Waals surface area contributed by atoms with Crippen LogP contribution in [0.2, 0.25) is 0 Å². The molecular weight excluding hydrogens is 304 g/mol. The fourth-order valence-corrected chi connectivity index (χ4v) is 2.90. The van der Waals surface area contributed by atoms with Gasteiger partial charge in [0, 0.05) is 0 Å². The Hall–Kier alpha value is -1.32. The van der Waals surface area contributed by atoms with Gasteiger partial charge in [-0.3, -0.25) is 9.59 Å². The zero-order valence-electron chi connectivity index (χ0n) is 15.3. The summed E-state index contributed by atoms with van der Waals surface area (Å²) >= 11 is 0. The first-order valence-electron chi connectivity index (χ1n) is 9.68. The minimum absolute atomic E-state index is 0.115. The quantitative estimate of drug-likeness (QED) is 0.287. The number of esters is 2. The van der Waals surface area contributed by atoms with Gasteiger partial charge in [0.25, 0.3) is 0 Å². The Kier molecular flexibility index (Phi) is 12.1. The zero-order valence-corrected chi connectivity index (χ0v) is 15.3. The molecule has 4 nitrogen and oxygen atoms in total. The highest BCUT2D eigenvalue weighted by Crippen LogP contribution is 2.23. The molecule has 1 aliphatic rings. The number of unbranched alkanes of at least 4 members (excludes halogenated alkanes) is 3. The number of allylic oxidation sites excluding steroid dienone is 1. The van der Waals surface area contributed by atoms with E-state index in [0.29, 0.717) is 19.1 Å². The van der Waals surface area contributed by atoms with Gasteiger partial charge in [-0.1, -0.05) is 51.2 Å². The van der Waals surface area contributed by atoms with Gasteiger partial charge in [0.2, 0.25) is 0 Å². The number of carbonyl (C=O) groups is 2. The van der Waals surface area contributed by atoms with Crippen molar-refractivity contribution in [3.8, 4) is 0 Å². The second-order valence-electron chi connectivity index (χ2n) is 6.66. The fraction of sp³-hybridized carbons (Fsp3) is 0.800. The lowest BCUT2D eigenvalue weighted by atomic mass is 9.90. The van der Waals surface area contributed by atoms with E-state index in [2.05, 4.69) is 19.1 Å². The summed E-state index contributed by atoms with van der Waals surface area (Å²) in [6.45, 7) is 3.09. The third-order valence-corrected chi connectivity index (χ3v) is 4.43. The first-order valence-corrected chi connectivity index (χ1v) is 9.68. The molecule has 0 spiro atoms. The average molecular weight is 338 g/mol. The molecule has 0 heterocycles. The van der Waals surface area contributed by atoms with Crippen LogP contribution < -0.4 is 0 Å². The Morgan fingerprint density at radius 1 is 0.917 bits per heavy atom. The molecule has 0 radical (unpaired) electrons. The molecule has 1 saturated carbocycles. The number of carbonyl (C=O) groups excluding carboxylic acids is 2. The van der Waals surface area contributed by atoms with E-state index in [0.717, 1.165) is 25.7 Å². The van der Waals surface area contributed by atoms with Crippen LogP contribution in [0.3, 0.4) is 0 Å². The van der Waals surface area contributed by atoms with E-state index in [1.165, 1.54) is 38.5 Å². The highest BCUT2D eigenvalue weighted by Gasteiger charge is 2.16. The second-order valence-corrected chi connectivity index (χ2v) is 6.66. The average Bonchev–Trinajstić information content (AvgIpc) is 2.61. The lowest BCUT2D eigenvalue weighted by molar-refractivity contribution is -0.151. The standard InChI is InChI=1S/C20H34O4/c1-2-3-4-5-6-7-11-16-23-19(21)14-15-20(22)24-17-18-12-9-8-10-13-18/h6-7,18H,2-5,8-17H2,1H3/b7-6+. The number of hydrogen-bond donors (Lipinski definition) is 0. The molecule has 1 aliphatic carbocycles. The van der Waals surface area contributed by atoms with Crippen molar-refractivity contribution in [2.24, 2.45) is 5.92 Å². The van der Waals surface area contributed by atoms with Crippen LogP contribution in [0.4, 0.5) is 0 Å². The maximum atomic E-state index is 11.7. The third-order valence-electron chi connectivity index (χ3n) is 4.43. The van der Waals surface area contributed by atoms with E-state index >= 15 is 0 Å². The molecule has 24 heavy (non-hydrogen) atoms. The summed E-state index contributed by atoms with van der Waals surface area (Å²) in [6, 6.07) is 0. The number of hydrogen-bond acceptors (Lipinski definition) is 4.